The number of thioether (sulfide) groups is 1. The number of aliphatic hydroxyl groups is 3. The zero-order chi connectivity index (χ0) is 77.2. The molecule has 0 aliphatic carbocycles. The fourth-order valence-corrected chi connectivity index (χ4v) is 8.98. The largest absolute Gasteiger partial charge is 0.475 e. The van der Waals surface area contributed by atoms with Gasteiger partial charge in [0, 0.05) is 108 Å². The Kier molecular flexibility index (Phi) is 63.6. The Balaban J connectivity index is 0.000000619. The molecule has 0 aliphatic heterocycles. The van der Waals surface area contributed by atoms with Crippen LogP contribution in [0, 0.1) is 0 Å². The highest BCUT2D eigenvalue weighted by Gasteiger charge is 2.09. The zero-order valence-corrected chi connectivity index (χ0v) is 65.0. The summed E-state index contributed by atoms with van der Waals surface area (Å²) >= 11 is 1.55. The molecule has 0 fully saturated rings. The lowest BCUT2D eigenvalue weighted by molar-refractivity contribution is -0.121. The normalized spacial score (nSPS) is 11.0. The number of nitrogens with one attached hydrogen (secondary N) is 7. The van der Waals surface area contributed by atoms with E-state index in [1.165, 1.54) is 0 Å². The topological polar surface area (TPSA) is 315 Å². The molecule has 5 heterocycles. The van der Waals surface area contributed by atoms with Crippen molar-refractivity contribution in [2.75, 3.05) is 90.0 Å². The van der Waals surface area contributed by atoms with Crippen LogP contribution in [0.15, 0.2) is 188 Å². The lowest BCUT2D eigenvalue weighted by Crippen LogP contribution is -2.35. The number of urea groups is 2. The molecule has 10 N–H and O–H groups in total. The first-order chi connectivity index (χ1) is 51.8. The minimum atomic E-state index is -0.598. The van der Waals surface area contributed by atoms with E-state index in [-0.39, 0.29) is 30.5 Å². The third kappa shape index (κ3) is 60.6. The molecule has 5 aromatic heterocycles. The molecule has 2 aromatic carbocycles. The van der Waals surface area contributed by atoms with E-state index in [9.17, 15) is 34.5 Å². The average Bonchev–Trinajstić information content (AvgIpc) is 1.17. The fourth-order valence-electron chi connectivity index (χ4n) is 8.21. The average molecular weight is 1490 g/mol. The van der Waals surface area contributed by atoms with Crippen molar-refractivity contribution in [2.24, 2.45) is 0 Å². The third-order valence-corrected chi connectivity index (χ3v) is 15.4. The van der Waals surface area contributed by atoms with Crippen molar-refractivity contribution in [1.82, 2.24) is 56.8 Å². The van der Waals surface area contributed by atoms with Crippen LogP contribution < -0.4 is 42.0 Å². The molecule has 0 saturated carbocycles. The molecule has 0 radical (unpaired) electrons. The second-order valence-corrected chi connectivity index (χ2v) is 25.2. The van der Waals surface area contributed by atoms with E-state index in [4.69, 9.17) is 18.9 Å². The number of pyridine rings is 5. The van der Waals surface area contributed by atoms with Gasteiger partial charge < -0.3 is 71.5 Å². The molecule has 106 heavy (non-hydrogen) atoms. The van der Waals surface area contributed by atoms with Crippen LogP contribution in [-0.4, -0.2) is 167 Å². The van der Waals surface area contributed by atoms with Gasteiger partial charge in [0.05, 0.1) is 62.1 Å². The summed E-state index contributed by atoms with van der Waals surface area (Å²) in [6.45, 7) is 22.8. The van der Waals surface area contributed by atoms with Gasteiger partial charge in [0.15, 0.2) is 0 Å². The quantitative estimate of drug-likeness (QED) is 0.0125. The number of aliphatic hydroxyl groups excluding tert-OH is 3. The van der Waals surface area contributed by atoms with Crippen LogP contribution >= 0.6 is 11.8 Å². The maximum atomic E-state index is 11.4. The van der Waals surface area contributed by atoms with Gasteiger partial charge in [0.25, 0.3) is 0 Å². The second-order valence-electron chi connectivity index (χ2n) is 24.1. The number of unbranched alkanes of at least 4 members (excludes halogenated alkanes) is 7. The molecule has 23 nitrogen and oxygen atoms in total. The molecule has 586 valence electrons. The van der Waals surface area contributed by atoms with E-state index in [2.05, 4.69) is 111 Å². The molecule has 7 rings (SSSR count). The molecule has 7 aromatic rings. The smallest absolute Gasteiger partial charge is 0.315 e. The van der Waals surface area contributed by atoms with E-state index < -0.39 is 18.3 Å². The van der Waals surface area contributed by atoms with Gasteiger partial charge in [0.2, 0.25) is 17.7 Å². The maximum absolute atomic E-state index is 11.4. The van der Waals surface area contributed by atoms with Crippen LogP contribution in [0.5, 0.6) is 5.88 Å². The number of hydrogen-bond donors (Lipinski definition) is 10. The first-order valence-electron chi connectivity index (χ1n) is 37.7. The zero-order valence-electron chi connectivity index (χ0n) is 64.2. The molecular formula is C82H126N12O11S. The van der Waals surface area contributed by atoms with Crippen molar-refractivity contribution < 1.29 is 53.4 Å². The van der Waals surface area contributed by atoms with Crippen molar-refractivity contribution in [3.05, 3.63) is 205 Å². The van der Waals surface area contributed by atoms with Gasteiger partial charge in [-0.25, -0.2) is 24.5 Å². The SMILES string of the molecule is CCCCNC(=O)Cc1ccccc1.CCCCNC(=O)Cc1ccncc1.CCCCNC(=O)NCc1ccccc1.CCCCNC(=O)NCc1ccccn1.CCCCOCC(O)CNc1ccccn1.CCCCOCC(O)COc1ccccn1.CCCCOCC(O)CSc1ccccn1. The predicted octanol–water partition coefficient (Wildman–Crippen LogP) is 13.3. The number of anilines is 1. The Bertz CT molecular complexity index is 2830. The van der Waals surface area contributed by atoms with Crippen molar-refractivity contribution >= 4 is 41.5 Å². The minimum absolute atomic E-state index is 0.0876. The number of carbonyl (C=O) groups excluding carboxylic acids is 4. The van der Waals surface area contributed by atoms with Gasteiger partial charge in [-0.15, -0.1) is 11.8 Å². The lowest BCUT2D eigenvalue weighted by Gasteiger charge is -2.12. The third-order valence-electron chi connectivity index (χ3n) is 14.3. The Morgan fingerprint density at radius 1 is 0.396 bits per heavy atom. The van der Waals surface area contributed by atoms with Crippen LogP contribution in [0.3, 0.4) is 0 Å². The second kappa shape index (κ2) is 70.7. The van der Waals surface area contributed by atoms with Crippen LogP contribution in [0.4, 0.5) is 15.4 Å². The van der Waals surface area contributed by atoms with Crippen molar-refractivity contribution in [2.45, 2.75) is 188 Å². The van der Waals surface area contributed by atoms with Crippen LogP contribution in [0.1, 0.15) is 161 Å². The van der Waals surface area contributed by atoms with E-state index in [1.54, 1.807) is 55.0 Å². The summed E-state index contributed by atoms with van der Waals surface area (Å²) in [6.07, 6.45) is 24.7. The summed E-state index contributed by atoms with van der Waals surface area (Å²) in [5.74, 6) is 2.13. The van der Waals surface area contributed by atoms with Crippen LogP contribution in [0.25, 0.3) is 0 Å². The van der Waals surface area contributed by atoms with Gasteiger partial charge in [0.1, 0.15) is 18.5 Å². The van der Waals surface area contributed by atoms with Crippen LogP contribution in [-0.2, 0) is 49.7 Å². The number of aromatic nitrogens is 5. The predicted molar refractivity (Wildman–Crippen MR) is 428 cm³/mol. The standard InChI is InChI=1S/C12H20N2O2.C12H18N2O.C12H19NO3.C12H19NO2S.C12H17NO.C11H17N3O.C11H16N2O/c1-2-3-8-16-10-11(15)9-14-12-6-4-5-7-13-12;1-2-3-9-13-12(15)14-10-11-7-5-4-6-8-11;2*1-2-3-8-15-9-11(14)10-16-12-6-4-5-7-13-12;1-2-3-9-13-12(14)10-11-7-5-4-6-8-11;1-2-3-7-13-11(15)14-9-10-6-4-5-8-12-10;1-2-3-6-13-11(14)9-10-4-7-12-8-5-10/h4-7,11,15H,2-3,8-10H2,1H3,(H,13,14);4-8H,2-3,9-10H2,1H3,(H2,13,14,15);2*4-7,11,14H,2-3,8-10H2,1H3;4-8H,2-3,9-10H2,1H3,(H,13,14);4-6,8H,2-3,7,9H2,1H3,(H2,13,14,15);4-5,7-8H,2-3,6,9H2,1H3,(H,13,14). The summed E-state index contributed by atoms with van der Waals surface area (Å²) in [6, 6.07) is 45.6. The van der Waals surface area contributed by atoms with Gasteiger partial charge in [-0.3, -0.25) is 19.6 Å². The highest BCUT2D eigenvalue weighted by molar-refractivity contribution is 7.99. The molecule has 0 bridgehead atoms. The number of amides is 6. The summed E-state index contributed by atoms with van der Waals surface area (Å²) in [4.78, 5) is 65.5. The minimum Gasteiger partial charge on any atom is -0.475 e. The monoisotopic (exact) mass is 1490 g/mol. The molecule has 0 aliphatic rings. The molecular weight excluding hydrogens is 1360 g/mol. The Labute approximate surface area is 637 Å². The highest BCUT2D eigenvalue weighted by atomic mass is 32.2. The van der Waals surface area contributed by atoms with Gasteiger partial charge in [-0.1, -0.05) is 178 Å². The molecule has 0 saturated heterocycles. The van der Waals surface area contributed by atoms with E-state index in [1.807, 2.05) is 140 Å². The van der Waals surface area contributed by atoms with E-state index in [0.29, 0.717) is 70.5 Å². The number of ether oxygens (including phenoxy) is 4. The maximum Gasteiger partial charge on any atom is 0.315 e. The number of carbonyl (C=O) groups is 4. The van der Waals surface area contributed by atoms with Crippen molar-refractivity contribution in [3.63, 3.8) is 0 Å². The Morgan fingerprint density at radius 2 is 0.830 bits per heavy atom. The fraction of sp³-hybridized carbons (Fsp3) is 0.500. The van der Waals surface area contributed by atoms with Gasteiger partial charge in [-0.05, 0) is 116 Å². The van der Waals surface area contributed by atoms with Gasteiger partial charge >= 0.3 is 12.1 Å². The summed E-state index contributed by atoms with van der Waals surface area (Å²) in [7, 11) is 0. The number of nitrogens with zero attached hydrogens (tertiary/aromatic N) is 5. The summed E-state index contributed by atoms with van der Waals surface area (Å²) in [5.41, 5.74) is 4.06. The molecule has 3 unspecified atom stereocenters. The molecule has 3 atom stereocenters. The van der Waals surface area contributed by atoms with Crippen LogP contribution in [0.2, 0.25) is 0 Å². The summed E-state index contributed by atoms with van der Waals surface area (Å²) in [5, 5.41) is 49.6. The Hall–Kier alpha value is -8.62. The molecule has 0 spiro atoms. The number of rotatable bonds is 44. The molecule has 24 heteroatoms. The lowest BCUT2D eigenvalue weighted by atomic mass is 10.1. The van der Waals surface area contributed by atoms with Gasteiger partial charge in [-0.2, -0.15) is 0 Å². The first-order valence-corrected chi connectivity index (χ1v) is 38.7. The summed E-state index contributed by atoms with van der Waals surface area (Å²) < 4.78 is 21.2. The van der Waals surface area contributed by atoms with Crippen molar-refractivity contribution in [3.8, 4) is 5.88 Å². The van der Waals surface area contributed by atoms with Crippen molar-refractivity contribution in [1.29, 1.82) is 0 Å². The first kappa shape index (κ1) is 95.4. The number of benzene rings is 2. The highest BCUT2D eigenvalue weighted by Crippen LogP contribution is 2.15. The number of hydrogen-bond acceptors (Lipinski definition) is 18. The molecule has 6 amide bonds. The van der Waals surface area contributed by atoms with E-state index >= 15 is 0 Å². The van der Waals surface area contributed by atoms with E-state index in [0.717, 1.165) is 163 Å². The Morgan fingerprint density at radius 3 is 1.30 bits per heavy atom.